The van der Waals surface area contributed by atoms with Crippen LogP contribution in [-0.2, 0) is 4.79 Å². The van der Waals surface area contributed by atoms with E-state index in [-0.39, 0.29) is 16.9 Å². The fourth-order valence-corrected chi connectivity index (χ4v) is 5.75. The summed E-state index contributed by atoms with van der Waals surface area (Å²) >= 11 is 0. The van der Waals surface area contributed by atoms with E-state index in [1.54, 1.807) is 12.1 Å². The van der Waals surface area contributed by atoms with E-state index in [1.165, 1.54) is 31.4 Å². The standard InChI is InChI=1S/C19H23NO4/c1-12(24-17-4-2-16(3-5-17)20(22)23)18(21)19-9-13-6-14(10-19)8-15(7-13)11-19/h2-5,12-15H,6-11H2,1H3/t12-,13?,14?,15?,19?/m0/s1. The normalized spacial score (nSPS) is 34.8. The molecule has 4 bridgehead atoms. The van der Waals surface area contributed by atoms with Crippen LogP contribution in [0, 0.1) is 33.3 Å². The van der Waals surface area contributed by atoms with Crippen LogP contribution >= 0.6 is 0 Å². The predicted octanol–water partition coefficient (Wildman–Crippen LogP) is 4.15. The lowest BCUT2D eigenvalue weighted by atomic mass is 9.48. The first-order chi connectivity index (χ1) is 11.4. The molecule has 4 aliphatic rings. The second-order valence-corrected chi connectivity index (χ2v) is 8.07. The molecule has 0 unspecified atom stereocenters. The number of carbonyl (C=O) groups excluding carboxylic acids is 1. The SMILES string of the molecule is C[C@H](Oc1ccc([N+](=O)[O-])cc1)C(=O)C12CC3CC(CC(C3)C1)C2. The molecule has 0 heterocycles. The summed E-state index contributed by atoms with van der Waals surface area (Å²) in [4.78, 5) is 23.4. The van der Waals surface area contributed by atoms with Gasteiger partial charge in [0.25, 0.3) is 5.69 Å². The Hall–Kier alpha value is -1.91. The lowest BCUT2D eigenvalue weighted by Gasteiger charge is -2.56. The molecule has 0 amide bonds. The van der Waals surface area contributed by atoms with E-state index >= 15 is 0 Å². The van der Waals surface area contributed by atoms with Crippen LogP contribution in [-0.4, -0.2) is 16.8 Å². The van der Waals surface area contributed by atoms with Crippen molar-refractivity contribution in [1.82, 2.24) is 0 Å². The molecular formula is C19H23NO4. The highest BCUT2D eigenvalue weighted by Gasteiger charge is 2.55. The number of nitro benzene ring substituents is 1. The monoisotopic (exact) mass is 329 g/mol. The van der Waals surface area contributed by atoms with Crippen molar-refractivity contribution in [3.63, 3.8) is 0 Å². The van der Waals surface area contributed by atoms with Crippen molar-refractivity contribution in [3.05, 3.63) is 34.4 Å². The Morgan fingerprint density at radius 2 is 1.62 bits per heavy atom. The van der Waals surface area contributed by atoms with Crippen molar-refractivity contribution < 1.29 is 14.5 Å². The van der Waals surface area contributed by atoms with E-state index in [0.717, 1.165) is 37.0 Å². The Kier molecular flexibility index (Phi) is 3.62. The summed E-state index contributed by atoms with van der Waals surface area (Å²) in [6.45, 7) is 1.82. The summed E-state index contributed by atoms with van der Waals surface area (Å²) in [5.74, 6) is 2.94. The third-order valence-corrected chi connectivity index (χ3v) is 6.29. The minimum Gasteiger partial charge on any atom is -0.483 e. The average Bonchev–Trinajstić information content (AvgIpc) is 2.53. The zero-order valence-corrected chi connectivity index (χ0v) is 13.9. The fraction of sp³-hybridized carbons (Fsp3) is 0.632. The molecule has 1 aromatic rings. The summed E-state index contributed by atoms with van der Waals surface area (Å²) in [5, 5.41) is 10.7. The van der Waals surface area contributed by atoms with Gasteiger partial charge in [0, 0.05) is 17.5 Å². The van der Waals surface area contributed by atoms with Gasteiger partial charge in [0.15, 0.2) is 11.9 Å². The van der Waals surface area contributed by atoms with Gasteiger partial charge in [-0.25, -0.2) is 0 Å². The first kappa shape index (κ1) is 15.6. The molecule has 5 heteroatoms. The van der Waals surface area contributed by atoms with Gasteiger partial charge in [-0.3, -0.25) is 14.9 Å². The van der Waals surface area contributed by atoms with Gasteiger partial charge in [0.1, 0.15) is 5.75 Å². The van der Waals surface area contributed by atoms with Gasteiger partial charge >= 0.3 is 0 Å². The molecule has 24 heavy (non-hydrogen) atoms. The molecular weight excluding hydrogens is 306 g/mol. The molecule has 0 aliphatic heterocycles. The molecule has 128 valence electrons. The van der Waals surface area contributed by atoms with Crippen molar-refractivity contribution in [2.24, 2.45) is 23.2 Å². The van der Waals surface area contributed by atoms with Crippen LogP contribution in [0.5, 0.6) is 5.75 Å². The largest absolute Gasteiger partial charge is 0.483 e. The predicted molar refractivity (Wildman–Crippen MR) is 88.8 cm³/mol. The summed E-state index contributed by atoms with van der Waals surface area (Å²) < 4.78 is 5.83. The summed E-state index contributed by atoms with van der Waals surface area (Å²) in [6, 6.07) is 5.97. The molecule has 0 radical (unpaired) electrons. The molecule has 1 atom stereocenters. The molecule has 1 aromatic carbocycles. The Balaban J connectivity index is 1.47. The Morgan fingerprint density at radius 1 is 1.12 bits per heavy atom. The number of hydrogen-bond donors (Lipinski definition) is 0. The van der Waals surface area contributed by atoms with Gasteiger partial charge in [-0.1, -0.05) is 0 Å². The van der Waals surface area contributed by atoms with Gasteiger partial charge in [0.05, 0.1) is 4.92 Å². The fourth-order valence-electron chi connectivity index (χ4n) is 5.75. The molecule has 0 saturated heterocycles. The minimum absolute atomic E-state index is 0.0300. The Bertz CT molecular complexity index is 631. The summed E-state index contributed by atoms with van der Waals surface area (Å²) in [5.41, 5.74) is -0.142. The van der Waals surface area contributed by atoms with Crippen LogP contribution in [0.3, 0.4) is 0 Å². The van der Waals surface area contributed by atoms with E-state index in [1.807, 2.05) is 6.92 Å². The number of carbonyl (C=O) groups is 1. The van der Waals surface area contributed by atoms with E-state index < -0.39 is 11.0 Å². The first-order valence-electron chi connectivity index (χ1n) is 8.90. The number of Topliss-reactive ketones (excluding diaryl/α,β-unsaturated/α-hetero) is 1. The second-order valence-electron chi connectivity index (χ2n) is 8.07. The zero-order valence-electron chi connectivity index (χ0n) is 13.9. The maximum absolute atomic E-state index is 13.1. The third kappa shape index (κ3) is 2.60. The first-order valence-corrected chi connectivity index (χ1v) is 8.90. The number of hydrogen-bond acceptors (Lipinski definition) is 4. The second kappa shape index (κ2) is 5.57. The van der Waals surface area contributed by atoms with Crippen molar-refractivity contribution in [2.75, 3.05) is 0 Å². The van der Waals surface area contributed by atoms with Gasteiger partial charge < -0.3 is 4.74 Å². The van der Waals surface area contributed by atoms with E-state index in [0.29, 0.717) is 5.75 Å². The summed E-state index contributed by atoms with van der Waals surface area (Å²) in [7, 11) is 0. The number of non-ortho nitro benzene ring substituents is 1. The van der Waals surface area contributed by atoms with Crippen LogP contribution in [0.4, 0.5) is 5.69 Å². The number of nitro groups is 1. The highest BCUT2D eigenvalue weighted by Crippen LogP contribution is 2.60. The highest BCUT2D eigenvalue weighted by molar-refractivity contribution is 5.89. The molecule has 4 fully saturated rings. The number of nitrogens with zero attached hydrogens (tertiary/aromatic N) is 1. The number of benzene rings is 1. The smallest absolute Gasteiger partial charge is 0.269 e. The third-order valence-electron chi connectivity index (χ3n) is 6.29. The van der Waals surface area contributed by atoms with Gasteiger partial charge in [-0.2, -0.15) is 0 Å². The molecule has 0 spiro atoms. The van der Waals surface area contributed by atoms with Crippen LogP contribution < -0.4 is 4.74 Å². The van der Waals surface area contributed by atoms with Crippen LogP contribution in [0.25, 0.3) is 0 Å². The van der Waals surface area contributed by atoms with Crippen molar-refractivity contribution in [1.29, 1.82) is 0 Å². The molecule has 4 saturated carbocycles. The average molecular weight is 329 g/mol. The van der Waals surface area contributed by atoms with Crippen LogP contribution in [0.15, 0.2) is 24.3 Å². The van der Waals surface area contributed by atoms with E-state index in [4.69, 9.17) is 4.74 Å². The van der Waals surface area contributed by atoms with Crippen LogP contribution in [0.2, 0.25) is 0 Å². The number of ketones is 1. The van der Waals surface area contributed by atoms with Crippen molar-refractivity contribution >= 4 is 11.5 Å². The maximum atomic E-state index is 13.1. The van der Waals surface area contributed by atoms with Crippen molar-refractivity contribution in [2.45, 2.75) is 51.6 Å². The summed E-state index contributed by atoms with van der Waals surface area (Å²) in [6.07, 6.45) is 6.53. The Labute approximate surface area is 141 Å². The maximum Gasteiger partial charge on any atom is 0.269 e. The number of ether oxygens (including phenoxy) is 1. The van der Waals surface area contributed by atoms with Crippen LogP contribution in [0.1, 0.15) is 45.4 Å². The quantitative estimate of drug-likeness (QED) is 0.601. The zero-order chi connectivity index (χ0) is 16.9. The lowest BCUT2D eigenvalue weighted by Crippen LogP contribution is -2.53. The molecule has 0 aromatic heterocycles. The number of rotatable bonds is 5. The molecule has 4 aliphatic carbocycles. The van der Waals surface area contributed by atoms with Gasteiger partial charge in [-0.15, -0.1) is 0 Å². The highest BCUT2D eigenvalue weighted by atomic mass is 16.6. The molecule has 5 nitrogen and oxygen atoms in total. The van der Waals surface area contributed by atoms with Gasteiger partial charge in [-0.05, 0) is 75.3 Å². The minimum atomic E-state index is -0.497. The Morgan fingerprint density at radius 3 is 2.08 bits per heavy atom. The molecule has 0 N–H and O–H groups in total. The topological polar surface area (TPSA) is 69.4 Å². The van der Waals surface area contributed by atoms with E-state index in [2.05, 4.69) is 0 Å². The lowest BCUT2D eigenvalue weighted by molar-refractivity contribution is -0.384. The van der Waals surface area contributed by atoms with E-state index in [9.17, 15) is 14.9 Å². The molecule has 5 rings (SSSR count). The van der Waals surface area contributed by atoms with Gasteiger partial charge in [0.2, 0.25) is 0 Å². The van der Waals surface area contributed by atoms with Crippen molar-refractivity contribution in [3.8, 4) is 5.75 Å².